The average molecular weight is 421 g/mol. The number of carbonyl (C=O) groups excluding carboxylic acids is 1. The number of hydrogen-bond acceptors (Lipinski definition) is 6. The normalized spacial score (nSPS) is 11.8. The van der Waals surface area contributed by atoms with Crippen molar-refractivity contribution in [2.75, 3.05) is 5.32 Å². The van der Waals surface area contributed by atoms with E-state index in [9.17, 15) is 13.6 Å². The molecule has 0 radical (unpaired) electrons. The van der Waals surface area contributed by atoms with Crippen molar-refractivity contribution in [3.63, 3.8) is 0 Å². The zero-order valence-corrected chi connectivity index (χ0v) is 16.6. The van der Waals surface area contributed by atoms with E-state index in [1.54, 1.807) is 31.2 Å². The van der Waals surface area contributed by atoms with Crippen molar-refractivity contribution in [1.29, 1.82) is 0 Å². The Morgan fingerprint density at radius 3 is 2.18 bits per heavy atom. The first-order valence-corrected chi connectivity index (χ1v) is 10.2. The summed E-state index contributed by atoms with van der Waals surface area (Å²) < 4.78 is 26.5. The van der Waals surface area contributed by atoms with Gasteiger partial charge in [-0.2, -0.15) is 0 Å². The van der Waals surface area contributed by atoms with Gasteiger partial charge in [-0.25, -0.2) is 8.78 Å². The summed E-state index contributed by atoms with van der Waals surface area (Å²) in [6.07, 6.45) is 0. The van der Waals surface area contributed by atoms with Crippen molar-refractivity contribution in [3.05, 3.63) is 71.3 Å². The Morgan fingerprint density at radius 1 is 1.00 bits per heavy atom. The zero-order valence-electron chi connectivity index (χ0n) is 15.0. The second-order valence-electron chi connectivity index (χ2n) is 5.96. The SMILES string of the molecule is CC(Sc1nnc(NCc2ccc(F)cc2)s1)C(=O)NCc1ccc(F)cc1. The van der Waals surface area contributed by atoms with Gasteiger partial charge in [-0.1, -0.05) is 47.4 Å². The Labute approximate surface area is 169 Å². The van der Waals surface area contributed by atoms with Crippen LogP contribution in [0.1, 0.15) is 18.1 Å². The second kappa shape index (κ2) is 9.61. The van der Waals surface area contributed by atoms with Crippen LogP contribution in [-0.4, -0.2) is 21.4 Å². The van der Waals surface area contributed by atoms with Gasteiger partial charge >= 0.3 is 0 Å². The van der Waals surface area contributed by atoms with E-state index in [0.717, 1.165) is 11.1 Å². The fourth-order valence-electron chi connectivity index (χ4n) is 2.25. The van der Waals surface area contributed by atoms with Crippen LogP contribution >= 0.6 is 23.1 Å². The molecule has 2 aromatic carbocycles. The van der Waals surface area contributed by atoms with Gasteiger partial charge in [0.25, 0.3) is 0 Å². The van der Waals surface area contributed by atoms with Crippen molar-refractivity contribution in [2.45, 2.75) is 29.6 Å². The highest BCUT2D eigenvalue weighted by atomic mass is 32.2. The van der Waals surface area contributed by atoms with Gasteiger partial charge in [0.1, 0.15) is 11.6 Å². The molecule has 0 aliphatic heterocycles. The first-order chi connectivity index (χ1) is 13.5. The van der Waals surface area contributed by atoms with Crippen LogP contribution in [0.3, 0.4) is 0 Å². The predicted molar refractivity (Wildman–Crippen MR) is 107 cm³/mol. The van der Waals surface area contributed by atoms with Gasteiger partial charge in [-0.05, 0) is 42.3 Å². The largest absolute Gasteiger partial charge is 0.356 e. The molecule has 5 nitrogen and oxygen atoms in total. The molecule has 2 N–H and O–H groups in total. The molecule has 3 aromatic rings. The number of anilines is 1. The number of carbonyl (C=O) groups is 1. The van der Waals surface area contributed by atoms with Gasteiger partial charge < -0.3 is 10.6 Å². The highest BCUT2D eigenvalue weighted by Crippen LogP contribution is 2.29. The number of thioether (sulfide) groups is 1. The van der Waals surface area contributed by atoms with Crippen LogP contribution in [0.4, 0.5) is 13.9 Å². The molecule has 146 valence electrons. The highest BCUT2D eigenvalue weighted by Gasteiger charge is 2.17. The molecule has 0 saturated carbocycles. The lowest BCUT2D eigenvalue weighted by molar-refractivity contribution is -0.120. The Kier molecular flexibility index (Phi) is 6.94. The monoisotopic (exact) mass is 420 g/mol. The van der Waals surface area contributed by atoms with E-state index >= 15 is 0 Å². The molecular formula is C19H18F2N4OS2. The quantitative estimate of drug-likeness (QED) is 0.534. The number of amides is 1. The van der Waals surface area contributed by atoms with E-state index in [2.05, 4.69) is 20.8 Å². The molecule has 1 amide bonds. The molecular weight excluding hydrogens is 402 g/mol. The first kappa shape index (κ1) is 20.2. The number of benzene rings is 2. The summed E-state index contributed by atoms with van der Waals surface area (Å²) in [7, 11) is 0. The second-order valence-corrected chi connectivity index (χ2v) is 8.52. The number of aromatic nitrogens is 2. The van der Waals surface area contributed by atoms with E-state index in [4.69, 9.17) is 0 Å². The summed E-state index contributed by atoms with van der Waals surface area (Å²) in [4.78, 5) is 12.2. The van der Waals surface area contributed by atoms with Gasteiger partial charge in [-0.3, -0.25) is 4.79 Å². The molecule has 1 aromatic heterocycles. The molecule has 0 bridgehead atoms. The van der Waals surface area contributed by atoms with Crippen LogP contribution in [0.15, 0.2) is 52.9 Å². The minimum absolute atomic E-state index is 0.134. The van der Waals surface area contributed by atoms with Crippen LogP contribution in [-0.2, 0) is 17.9 Å². The molecule has 3 rings (SSSR count). The van der Waals surface area contributed by atoms with E-state index in [-0.39, 0.29) is 22.8 Å². The predicted octanol–water partition coefficient (Wildman–Crippen LogP) is 4.23. The number of nitrogens with one attached hydrogen (secondary N) is 2. The molecule has 0 saturated heterocycles. The van der Waals surface area contributed by atoms with Crippen molar-refractivity contribution in [3.8, 4) is 0 Å². The number of hydrogen-bond donors (Lipinski definition) is 2. The minimum atomic E-state index is -0.349. The molecule has 9 heteroatoms. The highest BCUT2D eigenvalue weighted by molar-refractivity contribution is 8.02. The Balaban J connectivity index is 1.46. The minimum Gasteiger partial charge on any atom is -0.356 e. The van der Waals surface area contributed by atoms with E-state index in [1.165, 1.54) is 47.4 Å². The van der Waals surface area contributed by atoms with Crippen LogP contribution in [0.5, 0.6) is 0 Å². The van der Waals surface area contributed by atoms with E-state index < -0.39 is 0 Å². The first-order valence-electron chi connectivity index (χ1n) is 8.50. The maximum Gasteiger partial charge on any atom is 0.233 e. The topological polar surface area (TPSA) is 66.9 Å². The number of halogens is 2. The van der Waals surface area contributed by atoms with Gasteiger partial charge in [0, 0.05) is 13.1 Å². The summed E-state index contributed by atoms with van der Waals surface area (Å²) in [6, 6.07) is 12.2. The molecule has 1 heterocycles. The lowest BCUT2D eigenvalue weighted by atomic mass is 10.2. The smallest absolute Gasteiger partial charge is 0.233 e. The van der Waals surface area contributed by atoms with E-state index in [1.807, 2.05) is 0 Å². The molecule has 28 heavy (non-hydrogen) atoms. The number of rotatable bonds is 8. The third kappa shape index (κ3) is 6.00. The molecule has 0 aliphatic carbocycles. The van der Waals surface area contributed by atoms with Crippen LogP contribution in [0, 0.1) is 11.6 Å². The third-order valence-electron chi connectivity index (χ3n) is 3.79. The zero-order chi connectivity index (χ0) is 19.9. The fourth-order valence-corrected chi connectivity index (χ4v) is 4.16. The average Bonchev–Trinajstić information content (AvgIpc) is 3.14. The van der Waals surface area contributed by atoms with Crippen molar-refractivity contribution >= 4 is 34.1 Å². The Hall–Kier alpha value is -2.52. The lowest BCUT2D eigenvalue weighted by Gasteiger charge is -2.10. The summed E-state index contributed by atoms with van der Waals surface area (Å²) in [5.74, 6) is -0.713. The summed E-state index contributed by atoms with van der Waals surface area (Å²) in [5, 5.41) is 14.4. The van der Waals surface area contributed by atoms with E-state index in [0.29, 0.717) is 22.6 Å². The molecule has 0 fully saturated rings. The molecule has 1 atom stereocenters. The van der Waals surface area contributed by atoms with Crippen LogP contribution < -0.4 is 10.6 Å². The summed E-state index contributed by atoms with van der Waals surface area (Å²) in [6.45, 7) is 2.63. The summed E-state index contributed by atoms with van der Waals surface area (Å²) >= 11 is 2.67. The number of nitrogens with zero attached hydrogens (tertiary/aromatic N) is 2. The standard InChI is InChI=1S/C19H18F2N4OS2/c1-12(17(26)22-10-13-2-6-15(20)7-3-13)27-19-25-24-18(28-19)23-11-14-4-8-16(21)9-5-14/h2-9,12H,10-11H2,1H3,(H,22,26)(H,23,24). The summed E-state index contributed by atoms with van der Waals surface area (Å²) in [5.41, 5.74) is 1.76. The lowest BCUT2D eigenvalue weighted by Crippen LogP contribution is -2.30. The van der Waals surface area contributed by atoms with Gasteiger partial charge in [0.05, 0.1) is 5.25 Å². The van der Waals surface area contributed by atoms with Crippen LogP contribution in [0.2, 0.25) is 0 Å². The third-order valence-corrected chi connectivity index (χ3v) is 5.86. The maximum absolute atomic E-state index is 12.9. The maximum atomic E-state index is 12.9. The van der Waals surface area contributed by atoms with Crippen LogP contribution in [0.25, 0.3) is 0 Å². The fraction of sp³-hybridized carbons (Fsp3) is 0.211. The van der Waals surface area contributed by atoms with Crippen molar-refractivity contribution < 1.29 is 13.6 Å². The van der Waals surface area contributed by atoms with Gasteiger partial charge in [0.15, 0.2) is 4.34 Å². The van der Waals surface area contributed by atoms with Gasteiger partial charge in [0.2, 0.25) is 11.0 Å². The van der Waals surface area contributed by atoms with Gasteiger partial charge in [-0.15, -0.1) is 10.2 Å². The molecule has 0 aliphatic rings. The molecule has 1 unspecified atom stereocenters. The Morgan fingerprint density at radius 2 is 1.57 bits per heavy atom. The van der Waals surface area contributed by atoms with Crippen molar-refractivity contribution in [1.82, 2.24) is 15.5 Å². The Bertz CT molecular complexity index is 916. The molecule has 0 spiro atoms. The van der Waals surface area contributed by atoms with Crippen molar-refractivity contribution in [2.24, 2.45) is 0 Å².